The first-order valence-corrected chi connectivity index (χ1v) is 11.3. The summed E-state index contributed by atoms with van der Waals surface area (Å²) in [6.45, 7) is 12.5. The van der Waals surface area contributed by atoms with Crippen LogP contribution in [0.2, 0.25) is 0 Å². The van der Waals surface area contributed by atoms with Gasteiger partial charge in [-0.2, -0.15) is 0 Å². The van der Waals surface area contributed by atoms with Crippen LogP contribution in [0, 0.1) is 22.7 Å². The maximum atomic E-state index is 11.3. The van der Waals surface area contributed by atoms with Crippen molar-refractivity contribution in [2.75, 3.05) is 6.61 Å². The summed E-state index contributed by atoms with van der Waals surface area (Å²) in [5.74, 6) is 0.966. The van der Waals surface area contributed by atoms with E-state index in [2.05, 4.69) is 33.4 Å². The van der Waals surface area contributed by atoms with Gasteiger partial charge >= 0.3 is 5.97 Å². The number of aliphatic hydroxyl groups is 1. The van der Waals surface area contributed by atoms with E-state index in [1.807, 2.05) is 0 Å². The summed E-state index contributed by atoms with van der Waals surface area (Å²) in [7, 11) is 0. The van der Waals surface area contributed by atoms with Crippen LogP contribution < -0.4 is 0 Å². The van der Waals surface area contributed by atoms with Gasteiger partial charge in [-0.25, -0.2) is 4.79 Å². The molecular weight excluding hydrogens is 364 g/mol. The van der Waals surface area contributed by atoms with E-state index in [0.29, 0.717) is 29.4 Å². The second kappa shape index (κ2) is 7.70. The quantitative estimate of drug-likeness (QED) is 0.528. The second-order valence-corrected chi connectivity index (χ2v) is 10.2. The van der Waals surface area contributed by atoms with Crippen LogP contribution in [0.4, 0.5) is 0 Å². The lowest BCUT2D eigenvalue weighted by Crippen LogP contribution is -2.50. The van der Waals surface area contributed by atoms with Gasteiger partial charge in [0.25, 0.3) is 0 Å². The average Bonchev–Trinajstić information content (AvgIpc) is 3.04. The van der Waals surface area contributed by atoms with E-state index in [1.165, 1.54) is 55.7 Å². The molecule has 1 N–H and O–H groups in total. The van der Waals surface area contributed by atoms with Crippen molar-refractivity contribution in [3.63, 3.8) is 0 Å². The number of rotatable bonds is 4. The Balaban J connectivity index is 1.42. The molecule has 2 saturated carbocycles. The predicted molar refractivity (Wildman–Crippen MR) is 113 cm³/mol. The molecule has 160 valence electrons. The van der Waals surface area contributed by atoms with Crippen molar-refractivity contribution in [2.24, 2.45) is 22.7 Å². The molecule has 2 aliphatic heterocycles. The molecule has 2 fully saturated rings. The van der Waals surface area contributed by atoms with Crippen LogP contribution in [0.5, 0.6) is 0 Å². The number of esters is 1. The van der Waals surface area contributed by atoms with Crippen LogP contribution in [0.25, 0.3) is 0 Å². The van der Waals surface area contributed by atoms with Gasteiger partial charge in [0.1, 0.15) is 0 Å². The lowest BCUT2D eigenvalue weighted by molar-refractivity contribution is -0.152. The minimum absolute atomic E-state index is 0.255. The Morgan fingerprint density at radius 3 is 2.76 bits per heavy atom. The van der Waals surface area contributed by atoms with Gasteiger partial charge in [0.15, 0.2) is 0 Å². The van der Waals surface area contributed by atoms with Gasteiger partial charge in [-0.1, -0.05) is 39.0 Å². The van der Waals surface area contributed by atoms with Gasteiger partial charge in [-0.3, -0.25) is 0 Å². The predicted octanol–water partition coefficient (Wildman–Crippen LogP) is 5.08. The van der Waals surface area contributed by atoms with Gasteiger partial charge in [-0.05, 0) is 79.6 Å². The molecule has 0 saturated heterocycles. The first-order valence-electron chi connectivity index (χ1n) is 11.3. The number of hydrogen-bond donors (Lipinski definition) is 1. The molecule has 29 heavy (non-hydrogen) atoms. The van der Waals surface area contributed by atoms with Crippen LogP contribution in [-0.4, -0.2) is 30.1 Å². The average molecular weight is 401 g/mol. The van der Waals surface area contributed by atoms with E-state index in [9.17, 15) is 9.90 Å². The van der Waals surface area contributed by atoms with Crippen LogP contribution in [0.15, 0.2) is 35.5 Å². The summed E-state index contributed by atoms with van der Waals surface area (Å²) in [6.07, 6.45) is 11.6. The number of ether oxygens (including phenoxy) is 2. The number of carbonyl (C=O) groups excluding carboxylic acids is 1. The molecule has 0 aromatic heterocycles. The highest BCUT2D eigenvalue weighted by Gasteiger charge is 2.53. The Hall–Kier alpha value is -1.39. The molecule has 0 aromatic carbocycles. The summed E-state index contributed by atoms with van der Waals surface area (Å²) in [5.41, 5.74) is 4.01. The van der Waals surface area contributed by atoms with Gasteiger partial charge < -0.3 is 14.6 Å². The van der Waals surface area contributed by atoms with Crippen molar-refractivity contribution in [1.29, 1.82) is 0 Å². The topological polar surface area (TPSA) is 55.8 Å². The van der Waals surface area contributed by atoms with Crippen molar-refractivity contribution >= 4 is 5.97 Å². The van der Waals surface area contributed by atoms with Crippen molar-refractivity contribution in [2.45, 2.75) is 84.5 Å². The Kier molecular flexibility index (Phi) is 5.54. The number of carbonyl (C=O) groups is 1. The number of hydrogen-bond acceptors (Lipinski definition) is 4. The zero-order valence-electron chi connectivity index (χ0n) is 18.2. The molecule has 4 rings (SSSR count). The minimum atomic E-state index is -1.15. The Labute approximate surface area is 175 Å². The fourth-order valence-corrected chi connectivity index (χ4v) is 6.50. The summed E-state index contributed by atoms with van der Waals surface area (Å²) >= 11 is 0. The van der Waals surface area contributed by atoms with Crippen LogP contribution >= 0.6 is 0 Å². The normalized spacial score (nSPS) is 42.8. The van der Waals surface area contributed by atoms with Gasteiger partial charge in [0.2, 0.25) is 6.29 Å². The smallest absolute Gasteiger partial charge is 0.333 e. The van der Waals surface area contributed by atoms with E-state index >= 15 is 0 Å². The number of allylic oxidation sites excluding steroid dienone is 1. The molecule has 0 spiro atoms. The highest BCUT2D eigenvalue weighted by molar-refractivity contribution is 5.85. The molecule has 6 atom stereocenters. The zero-order chi connectivity index (χ0) is 20.8. The number of cyclic esters (lactones) is 1. The third-order valence-corrected chi connectivity index (χ3v) is 8.81. The molecule has 4 nitrogen and oxygen atoms in total. The van der Waals surface area contributed by atoms with Crippen LogP contribution in [-0.2, 0) is 14.3 Å². The van der Waals surface area contributed by atoms with Crippen molar-refractivity contribution in [3.05, 3.63) is 35.5 Å². The van der Waals surface area contributed by atoms with Crippen molar-refractivity contribution < 1.29 is 19.4 Å². The molecule has 0 aromatic rings. The van der Waals surface area contributed by atoms with E-state index in [1.54, 1.807) is 0 Å². The molecule has 4 aliphatic rings. The summed E-state index contributed by atoms with van der Waals surface area (Å²) in [4.78, 5) is 11.3. The minimum Gasteiger partial charge on any atom is -0.429 e. The highest BCUT2D eigenvalue weighted by Crippen LogP contribution is 2.62. The lowest BCUT2D eigenvalue weighted by atomic mass is 9.46. The monoisotopic (exact) mass is 400 g/mol. The zero-order valence-corrected chi connectivity index (χ0v) is 18.2. The van der Waals surface area contributed by atoms with Gasteiger partial charge in [-0.15, -0.1) is 0 Å². The molecule has 0 radical (unpaired) electrons. The van der Waals surface area contributed by atoms with Crippen molar-refractivity contribution in [1.82, 2.24) is 0 Å². The van der Waals surface area contributed by atoms with E-state index in [0.717, 1.165) is 18.3 Å². The van der Waals surface area contributed by atoms with E-state index in [-0.39, 0.29) is 6.10 Å². The summed E-state index contributed by atoms with van der Waals surface area (Å²) in [5, 5.41) is 9.85. The maximum Gasteiger partial charge on any atom is 0.333 e. The first-order chi connectivity index (χ1) is 13.7. The molecule has 2 heterocycles. The SMILES string of the molecule is C=C1CCC[C@@H]2[C@@](C)(CCC3=CC[C@@H](C4=CC(=O)OC4O)OC3)[C@@H](C)CC[C@@]12C. The fraction of sp³-hybridized carbons (Fsp3) is 0.720. The van der Waals surface area contributed by atoms with Crippen LogP contribution in [0.3, 0.4) is 0 Å². The number of aliphatic hydroxyl groups excluding tert-OH is 1. The van der Waals surface area contributed by atoms with E-state index < -0.39 is 12.3 Å². The third kappa shape index (κ3) is 3.63. The first kappa shape index (κ1) is 20.9. The maximum absolute atomic E-state index is 11.3. The van der Waals surface area contributed by atoms with Crippen molar-refractivity contribution in [3.8, 4) is 0 Å². The molecule has 1 unspecified atom stereocenters. The van der Waals surface area contributed by atoms with Crippen LogP contribution in [0.1, 0.15) is 72.1 Å². The highest BCUT2D eigenvalue weighted by atomic mass is 16.6. The summed E-state index contributed by atoms with van der Waals surface area (Å²) in [6, 6.07) is 0. The van der Waals surface area contributed by atoms with E-state index in [4.69, 9.17) is 9.47 Å². The fourth-order valence-electron chi connectivity index (χ4n) is 6.50. The molecular formula is C25H36O4. The third-order valence-electron chi connectivity index (χ3n) is 8.81. The lowest BCUT2D eigenvalue weighted by Gasteiger charge is -2.59. The number of fused-ring (bicyclic) bond motifs is 1. The van der Waals surface area contributed by atoms with Gasteiger partial charge in [0, 0.05) is 11.6 Å². The Morgan fingerprint density at radius 2 is 2.10 bits per heavy atom. The Bertz CT molecular complexity index is 750. The second-order valence-electron chi connectivity index (χ2n) is 10.2. The van der Waals surface area contributed by atoms with Gasteiger partial charge in [0.05, 0.1) is 12.7 Å². The summed E-state index contributed by atoms with van der Waals surface area (Å²) < 4.78 is 10.8. The standard InChI is InChI=1S/C25H36O4/c1-16-6-5-7-21-24(16,3)12-10-17(2)25(21,4)13-11-18-8-9-20(28-15-18)19-14-22(26)29-23(19)27/h8,14,17,20-21,23,27H,1,5-7,9-13,15H2,2-4H3/t17-,20-,21-,23?,24-,25-/m0/s1. The molecule has 4 heteroatoms. The molecule has 0 bridgehead atoms. The Morgan fingerprint density at radius 1 is 1.31 bits per heavy atom. The largest absolute Gasteiger partial charge is 0.429 e. The molecule has 2 aliphatic carbocycles. The molecule has 0 amide bonds.